The molecule has 0 saturated heterocycles. The molecule has 0 heterocycles. The topological polar surface area (TPSA) is 20.2 Å². The van der Waals surface area contributed by atoms with Crippen molar-refractivity contribution in [3.8, 4) is 5.75 Å². The van der Waals surface area contributed by atoms with Crippen LogP contribution < -0.4 is 0 Å². The molecule has 0 aromatic heterocycles. The maximum absolute atomic E-state index is 9.20. The Morgan fingerprint density at radius 3 is 1.15 bits per heavy atom. The zero-order valence-corrected chi connectivity index (χ0v) is 11.9. The molecule has 0 bridgehead atoms. The van der Waals surface area contributed by atoms with Crippen molar-refractivity contribution in [2.24, 2.45) is 0 Å². The molecule has 0 spiro atoms. The average molecular weight is 394 g/mol. The summed E-state index contributed by atoms with van der Waals surface area (Å²) in [5, 5.41) is 9.01. The van der Waals surface area contributed by atoms with Gasteiger partial charge in [-0.3, -0.25) is 0 Å². The van der Waals surface area contributed by atoms with Crippen LogP contribution >= 0.6 is 82.0 Å². The summed E-state index contributed by atoms with van der Waals surface area (Å²) in [6.07, 6.45) is 0. The first-order valence-electron chi connectivity index (χ1n) is 2.67. The predicted molar refractivity (Wildman–Crippen MR) is 68.6 cm³/mol. The Hall–Kier alpha value is 1.20. The summed E-state index contributed by atoms with van der Waals surface area (Å²) in [7, 11) is 0. The Morgan fingerprint density at radius 1 is 0.615 bits per heavy atom. The van der Waals surface area contributed by atoms with E-state index in [1.54, 1.807) is 0 Å². The van der Waals surface area contributed by atoms with Gasteiger partial charge in [0.1, 0.15) is 10.0 Å². The number of rotatable bonds is 0. The quantitative estimate of drug-likeness (QED) is 0.361. The fourth-order valence-electron chi connectivity index (χ4n) is 0.593. The van der Waals surface area contributed by atoms with Crippen molar-refractivity contribution in [1.29, 1.82) is 0 Å². The lowest BCUT2D eigenvalue weighted by atomic mass is 10.3. The van der Waals surface area contributed by atoms with Crippen molar-refractivity contribution in [2.45, 2.75) is 0 Å². The minimum Gasteiger partial charge on any atom is -0.505 e. The van der Waals surface area contributed by atoms with Gasteiger partial charge in [0.15, 0.2) is 5.75 Å². The molecule has 1 nitrogen and oxygen atoms in total. The van der Waals surface area contributed by atoms with Gasteiger partial charge in [0.2, 0.25) is 0 Å². The van der Waals surface area contributed by atoms with Crippen molar-refractivity contribution >= 4 is 82.0 Å². The molecule has 0 amide bonds. The fourth-order valence-corrected chi connectivity index (χ4v) is 1.72. The zero-order chi connectivity index (χ0) is 9.46. The molecule has 0 aliphatic carbocycles. The molecule has 0 aliphatic rings. The lowest BCUT2D eigenvalue weighted by molar-refractivity contribution is 0.476. The van der Waals surface area contributed by atoms with Crippen LogP contribution in [0.15, 0.2) is 0 Å². The smallest absolute Gasteiger partial charge is 0.155 e. The summed E-state index contributed by atoms with van der Waals surface area (Å²) in [5.74, 6) is -0.363. The molecule has 0 fully saturated rings. The van der Waals surface area contributed by atoms with Crippen LogP contribution in [0, 0.1) is 0 Å². The van der Waals surface area contributed by atoms with E-state index in [0.717, 1.165) is 0 Å². The highest BCUT2D eigenvalue weighted by Gasteiger charge is 2.17. The second-order valence-corrected chi connectivity index (χ2v) is 3.81. The van der Waals surface area contributed by atoms with Crippen molar-refractivity contribution in [2.75, 3.05) is 0 Å². The number of hydrogen-bond donors (Lipinski definition) is 1. The second-order valence-electron chi connectivity index (χ2n) is 1.92. The summed E-state index contributed by atoms with van der Waals surface area (Å²) in [6.45, 7) is 0. The van der Waals surface area contributed by atoms with Gasteiger partial charge in [-0.1, -0.05) is 58.0 Å². The van der Waals surface area contributed by atoms with Crippen molar-refractivity contribution in [3.05, 3.63) is 25.1 Å². The molecular weight excluding hydrogens is 392 g/mol. The van der Waals surface area contributed by atoms with Crippen LogP contribution in [0.5, 0.6) is 5.75 Å². The molecule has 7 heteroatoms. The maximum Gasteiger partial charge on any atom is 0.155 e. The third kappa shape index (κ3) is 2.61. The fraction of sp³-hybridized carbons (Fsp3) is 0. The maximum atomic E-state index is 9.20. The van der Waals surface area contributed by atoms with Crippen molar-refractivity contribution < 1.29 is 5.11 Å². The molecule has 1 aromatic rings. The van der Waals surface area contributed by atoms with Gasteiger partial charge in [-0.15, -0.1) is 24.0 Å². The van der Waals surface area contributed by atoms with E-state index in [9.17, 15) is 5.11 Å². The molecule has 0 unspecified atom stereocenters. The molecule has 0 radical (unpaired) electrons. The van der Waals surface area contributed by atoms with E-state index in [0.29, 0.717) is 0 Å². The molecular formula is C6H2Cl5IO. The summed E-state index contributed by atoms with van der Waals surface area (Å²) in [4.78, 5) is 0. The minimum absolute atomic E-state index is 0. The summed E-state index contributed by atoms with van der Waals surface area (Å²) >= 11 is 27.9. The van der Waals surface area contributed by atoms with Gasteiger partial charge in [0.05, 0.1) is 15.1 Å². The van der Waals surface area contributed by atoms with E-state index < -0.39 is 0 Å². The lowest BCUT2D eigenvalue weighted by Crippen LogP contribution is -1.78. The SMILES string of the molecule is I.Oc1c(Cl)c(Cl)c(Cl)c(Cl)c1Cl. The average Bonchev–Trinajstić information content (AvgIpc) is 2.08. The molecule has 13 heavy (non-hydrogen) atoms. The Labute approximate surface area is 117 Å². The Bertz CT molecular complexity index is 235. The summed E-state index contributed by atoms with van der Waals surface area (Å²) < 4.78 is 0. The van der Waals surface area contributed by atoms with Gasteiger partial charge < -0.3 is 5.11 Å². The Balaban J connectivity index is 0.00000144. The number of halogens is 6. The van der Waals surface area contributed by atoms with Gasteiger partial charge >= 0.3 is 0 Å². The highest BCUT2D eigenvalue weighted by atomic mass is 127. The highest BCUT2D eigenvalue weighted by Crippen LogP contribution is 2.47. The van der Waals surface area contributed by atoms with Gasteiger partial charge in [-0.05, 0) is 0 Å². The third-order valence-corrected chi connectivity index (χ3v) is 3.44. The normalized spacial score (nSPS) is 9.62. The Morgan fingerprint density at radius 2 is 0.846 bits per heavy atom. The van der Waals surface area contributed by atoms with Crippen LogP contribution in [0.2, 0.25) is 25.1 Å². The number of phenols is 1. The molecule has 74 valence electrons. The molecule has 0 saturated carbocycles. The van der Waals surface area contributed by atoms with Crippen molar-refractivity contribution in [1.82, 2.24) is 0 Å². The van der Waals surface area contributed by atoms with Crippen LogP contribution in [-0.4, -0.2) is 5.11 Å². The van der Waals surface area contributed by atoms with Gasteiger partial charge in [0, 0.05) is 0 Å². The molecule has 1 N–H and O–H groups in total. The first-order chi connectivity index (χ1) is 5.46. The van der Waals surface area contributed by atoms with Crippen molar-refractivity contribution in [3.63, 3.8) is 0 Å². The molecule has 1 aromatic carbocycles. The van der Waals surface area contributed by atoms with Crippen LogP contribution in [0.3, 0.4) is 0 Å². The van der Waals surface area contributed by atoms with Gasteiger partial charge in [0.25, 0.3) is 0 Å². The molecule has 1 rings (SSSR count). The molecule has 0 atom stereocenters. The van der Waals surface area contributed by atoms with E-state index >= 15 is 0 Å². The highest BCUT2D eigenvalue weighted by molar-refractivity contribution is 14.0. The largest absolute Gasteiger partial charge is 0.505 e. The van der Waals surface area contributed by atoms with E-state index in [2.05, 4.69) is 0 Å². The van der Waals surface area contributed by atoms with E-state index in [1.807, 2.05) is 0 Å². The van der Waals surface area contributed by atoms with Crippen LogP contribution in [0.1, 0.15) is 0 Å². The lowest BCUT2D eigenvalue weighted by Gasteiger charge is -2.06. The number of benzene rings is 1. The molecule has 0 aliphatic heterocycles. The number of hydrogen-bond acceptors (Lipinski definition) is 1. The van der Waals surface area contributed by atoms with Crippen LogP contribution in [0.4, 0.5) is 0 Å². The first-order valence-corrected chi connectivity index (χ1v) is 4.56. The van der Waals surface area contributed by atoms with E-state index in [1.165, 1.54) is 0 Å². The number of phenolic OH excluding ortho intramolecular Hbond substituents is 1. The zero-order valence-electron chi connectivity index (χ0n) is 5.75. The first kappa shape index (κ1) is 14.2. The van der Waals surface area contributed by atoms with Crippen LogP contribution in [0.25, 0.3) is 0 Å². The second kappa shape index (κ2) is 5.33. The summed E-state index contributed by atoms with van der Waals surface area (Å²) in [5.41, 5.74) is 0. The van der Waals surface area contributed by atoms with E-state index in [-0.39, 0.29) is 54.8 Å². The monoisotopic (exact) mass is 392 g/mol. The van der Waals surface area contributed by atoms with Gasteiger partial charge in [-0.25, -0.2) is 0 Å². The predicted octanol–water partition coefficient (Wildman–Crippen LogP) is 5.28. The Kier molecular flexibility index (Phi) is 5.82. The van der Waals surface area contributed by atoms with Crippen LogP contribution in [-0.2, 0) is 0 Å². The van der Waals surface area contributed by atoms with E-state index in [4.69, 9.17) is 58.0 Å². The minimum atomic E-state index is -0.363. The third-order valence-electron chi connectivity index (χ3n) is 1.19. The summed E-state index contributed by atoms with van der Waals surface area (Å²) in [6, 6.07) is 0. The van der Waals surface area contributed by atoms with Gasteiger partial charge in [-0.2, -0.15) is 0 Å². The number of aromatic hydroxyl groups is 1. The standard InChI is InChI=1S/C6HCl5O.HI/c7-1-2(8)4(10)6(12)5(11)3(1)9;/h12H;1H.